The van der Waals surface area contributed by atoms with Gasteiger partial charge in [-0.25, -0.2) is 8.42 Å². The summed E-state index contributed by atoms with van der Waals surface area (Å²) in [5, 5.41) is 8.97. The Morgan fingerprint density at radius 3 is 2.69 bits per heavy atom. The molecular formula is C8H17NO3S. The van der Waals surface area contributed by atoms with Crippen LogP contribution >= 0.6 is 0 Å². The van der Waals surface area contributed by atoms with E-state index < -0.39 is 9.84 Å². The van der Waals surface area contributed by atoms with Gasteiger partial charge in [-0.05, 0) is 31.2 Å². The molecule has 0 amide bonds. The highest BCUT2D eigenvalue weighted by molar-refractivity contribution is 7.91. The largest absolute Gasteiger partial charge is 0.396 e. The van der Waals surface area contributed by atoms with Crippen LogP contribution in [0.15, 0.2) is 0 Å². The molecule has 0 aliphatic carbocycles. The minimum Gasteiger partial charge on any atom is -0.396 e. The second-order valence-corrected chi connectivity index (χ2v) is 5.92. The van der Waals surface area contributed by atoms with Crippen molar-refractivity contribution in [2.45, 2.75) is 12.8 Å². The number of hydrogen-bond donors (Lipinski definition) is 2. The summed E-state index contributed by atoms with van der Waals surface area (Å²) in [5.74, 6) is 0.519. The summed E-state index contributed by atoms with van der Waals surface area (Å²) in [4.78, 5) is 0. The molecule has 1 heterocycles. The maximum atomic E-state index is 11.3. The molecule has 0 spiro atoms. The van der Waals surface area contributed by atoms with Gasteiger partial charge in [0.15, 0.2) is 9.84 Å². The van der Waals surface area contributed by atoms with E-state index in [4.69, 9.17) is 10.8 Å². The molecule has 1 aliphatic heterocycles. The highest BCUT2D eigenvalue weighted by Gasteiger charge is 2.29. The number of aliphatic hydroxyl groups is 1. The van der Waals surface area contributed by atoms with E-state index in [9.17, 15) is 8.42 Å². The molecule has 0 aromatic heterocycles. The molecule has 0 aromatic carbocycles. The fraction of sp³-hybridized carbons (Fsp3) is 1.00. The van der Waals surface area contributed by atoms with Gasteiger partial charge in [0.25, 0.3) is 0 Å². The second-order valence-electron chi connectivity index (χ2n) is 3.70. The summed E-state index contributed by atoms with van der Waals surface area (Å²) in [5.41, 5.74) is 5.45. The van der Waals surface area contributed by atoms with Crippen molar-refractivity contribution in [1.29, 1.82) is 0 Å². The molecular weight excluding hydrogens is 190 g/mol. The van der Waals surface area contributed by atoms with Crippen LogP contribution in [0.4, 0.5) is 0 Å². The zero-order valence-corrected chi connectivity index (χ0v) is 8.46. The van der Waals surface area contributed by atoms with Crippen molar-refractivity contribution in [2.24, 2.45) is 17.6 Å². The summed E-state index contributed by atoms with van der Waals surface area (Å²) < 4.78 is 22.5. The molecule has 1 rings (SSSR count). The van der Waals surface area contributed by atoms with Gasteiger partial charge in [-0.1, -0.05) is 0 Å². The maximum absolute atomic E-state index is 11.3. The molecule has 0 saturated carbocycles. The van der Waals surface area contributed by atoms with Crippen molar-refractivity contribution in [3.8, 4) is 0 Å². The molecule has 13 heavy (non-hydrogen) atoms. The van der Waals surface area contributed by atoms with E-state index >= 15 is 0 Å². The first-order chi connectivity index (χ1) is 6.09. The number of sulfone groups is 1. The molecule has 0 radical (unpaired) electrons. The van der Waals surface area contributed by atoms with Crippen molar-refractivity contribution >= 4 is 9.84 Å². The lowest BCUT2D eigenvalue weighted by atomic mass is 9.90. The van der Waals surface area contributed by atoms with E-state index in [1.54, 1.807) is 0 Å². The van der Waals surface area contributed by atoms with Crippen LogP contribution in [-0.4, -0.2) is 38.2 Å². The third-order valence-corrected chi connectivity index (χ3v) is 4.55. The zero-order chi connectivity index (χ0) is 9.90. The Labute approximate surface area is 79.0 Å². The number of nitrogens with two attached hydrogens (primary N) is 1. The van der Waals surface area contributed by atoms with Crippen molar-refractivity contribution in [3.05, 3.63) is 0 Å². The summed E-state index contributed by atoms with van der Waals surface area (Å²) in [6.07, 6.45) is 1.59. The molecule has 1 fully saturated rings. The Morgan fingerprint density at radius 1 is 1.54 bits per heavy atom. The fourth-order valence-electron chi connectivity index (χ4n) is 1.85. The van der Waals surface area contributed by atoms with E-state index in [-0.39, 0.29) is 24.2 Å². The first-order valence-electron chi connectivity index (χ1n) is 4.60. The number of rotatable bonds is 3. The highest BCUT2D eigenvalue weighted by atomic mass is 32.2. The van der Waals surface area contributed by atoms with Crippen LogP contribution in [0.3, 0.4) is 0 Å². The predicted molar refractivity (Wildman–Crippen MR) is 51.0 cm³/mol. The normalized spacial score (nSPS) is 29.8. The van der Waals surface area contributed by atoms with Gasteiger partial charge in [0.05, 0.1) is 11.5 Å². The Hall–Kier alpha value is -0.130. The molecule has 2 atom stereocenters. The third kappa shape index (κ3) is 2.93. The lowest BCUT2D eigenvalue weighted by Crippen LogP contribution is -2.35. The van der Waals surface area contributed by atoms with Crippen LogP contribution in [0.5, 0.6) is 0 Å². The predicted octanol–water partition coefficient (Wildman–Crippen LogP) is -0.622. The fourth-order valence-corrected chi connectivity index (χ4v) is 3.71. The van der Waals surface area contributed by atoms with Crippen LogP contribution in [0.2, 0.25) is 0 Å². The lowest BCUT2D eigenvalue weighted by molar-refractivity contribution is 0.181. The first-order valence-corrected chi connectivity index (χ1v) is 6.42. The summed E-state index contributed by atoms with van der Waals surface area (Å²) in [7, 11) is -2.86. The Morgan fingerprint density at radius 2 is 2.23 bits per heavy atom. The smallest absolute Gasteiger partial charge is 0.150 e. The topological polar surface area (TPSA) is 80.4 Å². The average Bonchev–Trinajstić information content (AvgIpc) is 2.05. The van der Waals surface area contributed by atoms with Crippen molar-refractivity contribution in [3.63, 3.8) is 0 Å². The van der Waals surface area contributed by atoms with E-state index in [1.165, 1.54) is 0 Å². The average molecular weight is 207 g/mol. The standard InChI is InChI=1S/C8H17NO3S/c9-4-8(5-10)7-2-1-3-13(11,12)6-7/h7-8,10H,1-6,9H2. The van der Waals surface area contributed by atoms with Crippen molar-refractivity contribution in [1.82, 2.24) is 0 Å². The zero-order valence-electron chi connectivity index (χ0n) is 7.65. The van der Waals surface area contributed by atoms with Gasteiger partial charge >= 0.3 is 0 Å². The van der Waals surface area contributed by atoms with Gasteiger partial charge in [-0.3, -0.25) is 0 Å². The van der Waals surface area contributed by atoms with Gasteiger partial charge in [0.2, 0.25) is 0 Å². The van der Waals surface area contributed by atoms with Gasteiger partial charge in [-0.2, -0.15) is 0 Å². The molecule has 78 valence electrons. The Bertz CT molecular complexity index is 246. The van der Waals surface area contributed by atoms with Crippen LogP contribution in [0, 0.1) is 11.8 Å². The van der Waals surface area contributed by atoms with Crippen LogP contribution in [0.1, 0.15) is 12.8 Å². The SMILES string of the molecule is NCC(CO)C1CCCS(=O)(=O)C1. The lowest BCUT2D eigenvalue weighted by Gasteiger charge is -2.27. The van der Waals surface area contributed by atoms with Crippen LogP contribution in [0.25, 0.3) is 0 Å². The summed E-state index contributed by atoms with van der Waals surface area (Å²) in [6.45, 7) is 0.368. The monoisotopic (exact) mass is 207 g/mol. The van der Waals surface area contributed by atoms with Crippen LogP contribution in [-0.2, 0) is 9.84 Å². The van der Waals surface area contributed by atoms with Gasteiger partial charge < -0.3 is 10.8 Å². The number of aliphatic hydroxyl groups excluding tert-OH is 1. The molecule has 2 unspecified atom stereocenters. The van der Waals surface area contributed by atoms with Crippen LogP contribution < -0.4 is 5.73 Å². The summed E-state index contributed by atoms with van der Waals surface area (Å²) in [6, 6.07) is 0. The molecule has 3 N–H and O–H groups in total. The number of hydrogen-bond acceptors (Lipinski definition) is 4. The second kappa shape index (κ2) is 4.39. The molecule has 5 heteroatoms. The van der Waals surface area contributed by atoms with E-state index in [2.05, 4.69) is 0 Å². The van der Waals surface area contributed by atoms with Gasteiger partial charge in [0.1, 0.15) is 0 Å². The third-order valence-electron chi connectivity index (χ3n) is 2.70. The Kier molecular flexibility index (Phi) is 3.70. The summed E-state index contributed by atoms with van der Waals surface area (Å²) >= 11 is 0. The minimum absolute atomic E-state index is 0.00329. The Balaban J connectivity index is 2.60. The molecule has 4 nitrogen and oxygen atoms in total. The molecule has 1 aliphatic rings. The van der Waals surface area contributed by atoms with Crippen molar-refractivity contribution < 1.29 is 13.5 Å². The highest BCUT2D eigenvalue weighted by Crippen LogP contribution is 2.24. The minimum atomic E-state index is -2.86. The van der Waals surface area contributed by atoms with E-state index in [0.29, 0.717) is 18.7 Å². The molecule has 0 aromatic rings. The van der Waals surface area contributed by atoms with Crippen molar-refractivity contribution in [2.75, 3.05) is 24.7 Å². The molecule has 0 bridgehead atoms. The molecule has 1 saturated heterocycles. The maximum Gasteiger partial charge on any atom is 0.150 e. The van der Waals surface area contributed by atoms with E-state index in [1.807, 2.05) is 0 Å². The van der Waals surface area contributed by atoms with Gasteiger partial charge in [0, 0.05) is 6.61 Å². The van der Waals surface area contributed by atoms with E-state index in [0.717, 1.165) is 6.42 Å². The first kappa shape index (κ1) is 10.9. The quantitative estimate of drug-likeness (QED) is 0.646. The van der Waals surface area contributed by atoms with Gasteiger partial charge in [-0.15, -0.1) is 0 Å².